The third kappa shape index (κ3) is 5.88. The molecule has 1 aromatic carbocycles. The molecule has 9 nitrogen and oxygen atoms in total. The maximum Gasteiger partial charge on any atom is 0.319 e. The Morgan fingerprint density at radius 3 is 2.34 bits per heavy atom. The second kappa shape index (κ2) is 8.75. The number of rotatable bonds is 7. The highest BCUT2D eigenvalue weighted by molar-refractivity contribution is 7.91. The molecule has 29 heavy (non-hydrogen) atoms. The first-order valence-electron chi connectivity index (χ1n) is 9.05. The lowest BCUT2D eigenvalue weighted by Gasteiger charge is -2.22. The number of carbonyl (C=O) groups excluding carboxylic acids is 1. The van der Waals surface area contributed by atoms with Crippen LogP contribution in [-0.2, 0) is 14.6 Å². The van der Waals surface area contributed by atoms with Gasteiger partial charge in [0.2, 0.25) is 0 Å². The van der Waals surface area contributed by atoms with Crippen LogP contribution in [0.15, 0.2) is 30.3 Å². The summed E-state index contributed by atoms with van der Waals surface area (Å²) < 4.78 is 23.0. The summed E-state index contributed by atoms with van der Waals surface area (Å²) >= 11 is 0. The molecule has 1 heterocycles. The molecule has 0 aliphatic heterocycles. The summed E-state index contributed by atoms with van der Waals surface area (Å²) in [6, 6.07) is 8.09. The molecule has 0 atom stereocenters. The molecule has 10 heteroatoms. The molecular weight excluding hydrogens is 392 g/mol. The van der Waals surface area contributed by atoms with Crippen molar-refractivity contribution in [3.05, 3.63) is 36.0 Å². The van der Waals surface area contributed by atoms with Crippen LogP contribution < -0.4 is 16.4 Å². The summed E-state index contributed by atoms with van der Waals surface area (Å²) in [5.41, 5.74) is 7.47. The van der Waals surface area contributed by atoms with Gasteiger partial charge in [-0.25, -0.2) is 23.2 Å². The molecule has 0 spiro atoms. The van der Waals surface area contributed by atoms with E-state index in [1.54, 1.807) is 38.1 Å². The van der Waals surface area contributed by atoms with Crippen molar-refractivity contribution in [3.8, 4) is 11.4 Å². The Morgan fingerprint density at radius 2 is 1.79 bits per heavy atom. The second-order valence-corrected chi connectivity index (χ2v) is 10.1. The van der Waals surface area contributed by atoms with Crippen molar-refractivity contribution < 1.29 is 13.2 Å². The summed E-state index contributed by atoms with van der Waals surface area (Å²) in [6.07, 6.45) is 1.16. The number of nitrogens with zero attached hydrogens (tertiary/aromatic N) is 3. The second-order valence-electron chi connectivity index (χ2n) is 7.55. The third-order valence-electron chi connectivity index (χ3n) is 4.54. The van der Waals surface area contributed by atoms with E-state index in [-0.39, 0.29) is 11.8 Å². The molecule has 0 bridgehead atoms. The van der Waals surface area contributed by atoms with Crippen LogP contribution in [-0.4, -0.2) is 62.8 Å². The van der Waals surface area contributed by atoms with Gasteiger partial charge in [-0.05, 0) is 52.2 Å². The molecule has 158 valence electrons. The largest absolute Gasteiger partial charge is 0.384 e. The van der Waals surface area contributed by atoms with Crippen molar-refractivity contribution in [1.29, 1.82) is 0 Å². The smallest absolute Gasteiger partial charge is 0.319 e. The Hall–Kier alpha value is -2.72. The first kappa shape index (κ1) is 22.6. The van der Waals surface area contributed by atoms with E-state index in [0.29, 0.717) is 29.3 Å². The van der Waals surface area contributed by atoms with Crippen LogP contribution in [0.25, 0.3) is 11.4 Å². The Kier molecular flexibility index (Phi) is 6.81. The van der Waals surface area contributed by atoms with Crippen molar-refractivity contribution >= 4 is 27.4 Å². The number of aromatic nitrogens is 2. The highest BCUT2D eigenvalue weighted by Crippen LogP contribution is 2.30. The molecule has 0 aliphatic carbocycles. The number of hydrogen-bond acceptors (Lipinski definition) is 7. The lowest BCUT2D eigenvalue weighted by molar-refractivity contribution is 0.250. The number of anilines is 2. The van der Waals surface area contributed by atoms with Gasteiger partial charge in [0, 0.05) is 36.7 Å². The van der Waals surface area contributed by atoms with Crippen LogP contribution in [0.2, 0.25) is 0 Å². The van der Waals surface area contributed by atoms with E-state index in [0.717, 1.165) is 12.8 Å². The zero-order valence-corrected chi connectivity index (χ0v) is 18.2. The molecule has 0 saturated carbocycles. The van der Waals surface area contributed by atoms with Gasteiger partial charge in [0.1, 0.15) is 10.6 Å². The molecule has 2 rings (SSSR count). The predicted octanol–water partition coefficient (Wildman–Crippen LogP) is 1.69. The predicted molar refractivity (Wildman–Crippen MR) is 115 cm³/mol. The Bertz CT molecular complexity index is 972. The van der Waals surface area contributed by atoms with Crippen molar-refractivity contribution in [1.82, 2.24) is 20.2 Å². The first-order chi connectivity index (χ1) is 13.4. The zero-order valence-electron chi connectivity index (χ0n) is 17.4. The van der Waals surface area contributed by atoms with E-state index >= 15 is 0 Å². The Morgan fingerprint density at radius 1 is 1.17 bits per heavy atom. The fourth-order valence-electron chi connectivity index (χ4n) is 2.36. The van der Waals surface area contributed by atoms with Crippen LogP contribution in [0.1, 0.15) is 19.5 Å². The minimum Gasteiger partial charge on any atom is -0.384 e. The molecular formula is C19H28N6O3S. The van der Waals surface area contributed by atoms with Crippen LogP contribution >= 0.6 is 0 Å². The van der Waals surface area contributed by atoms with Gasteiger partial charge >= 0.3 is 6.03 Å². The van der Waals surface area contributed by atoms with E-state index in [1.807, 2.05) is 19.0 Å². The highest BCUT2D eigenvalue weighted by Gasteiger charge is 2.34. The summed E-state index contributed by atoms with van der Waals surface area (Å²) in [4.78, 5) is 22.5. The molecule has 2 aromatic rings. The summed E-state index contributed by atoms with van der Waals surface area (Å²) in [5.74, 6) is 0.503. The van der Waals surface area contributed by atoms with Gasteiger partial charge in [0.25, 0.3) is 0 Å². The topological polar surface area (TPSA) is 130 Å². The quantitative estimate of drug-likeness (QED) is 0.621. The highest BCUT2D eigenvalue weighted by atomic mass is 32.2. The van der Waals surface area contributed by atoms with Gasteiger partial charge in [0.05, 0.1) is 5.69 Å². The molecule has 0 radical (unpaired) electrons. The molecule has 0 aliphatic rings. The lowest BCUT2D eigenvalue weighted by Crippen LogP contribution is -2.34. The SMILES string of the molecule is CN(C)CCNC(=O)Nc1ccc(-c2nc(N)cc(C(C)(C)S(C)(=O)=O)n2)cc1. The molecule has 0 saturated heterocycles. The number of carbonyl (C=O) groups is 1. The number of hydrogen-bond donors (Lipinski definition) is 3. The average Bonchev–Trinajstić information content (AvgIpc) is 2.60. The van der Waals surface area contributed by atoms with E-state index in [1.165, 1.54) is 6.07 Å². The normalized spacial score (nSPS) is 12.1. The molecule has 0 unspecified atom stereocenters. The molecule has 2 amide bonds. The molecule has 1 aromatic heterocycles. The first-order valence-corrected chi connectivity index (χ1v) is 10.9. The standard InChI is InChI=1S/C19H28N6O3S/c1-19(2,29(5,27)28)15-12-16(20)24-17(23-15)13-6-8-14(9-7-13)22-18(26)21-10-11-25(3)4/h6-9,12H,10-11H2,1-5H3,(H2,20,23,24)(H2,21,22,26). The monoisotopic (exact) mass is 420 g/mol. The van der Waals surface area contributed by atoms with Gasteiger partial charge in [-0.3, -0.25) is 0 Å². The van der Waals surface area contributed by atoms with Gasteiger partial charge < -0.3 is 21.3 Å². The molecule has 0 fully saturated rings. The van der Waals surface area contributed by atoms with Crippen molar-refractivity contribution in [2.24, 2.45) is 0 Å². The molecule has 4 N–H and O–H groups in total. The fraction of sp³-hybridized carbons (Fsp3) is 0.421. The van der Waals surface area contributed by atoms with Gasteiger partial charge in [0.15, 0.2) is 15.7 Å². The number of benzene rings is 1. The van der Waals surface area contributed by atoms with E-state index < -0.39 is 14.6 Å². The number of nitrogen functional groups attached to an aromatic ring is 1. The van der Waals surface area contributed by atoms with E-state index in [2.05, 4.69) is 20.6 Å². The van der Waals surface area contributed by atoms with Crippen LogP contribution in [0.5, 0.6) is 0 Å². The van der Waals surface area contributed by atoms with Gasteiger partial charge in [-0.15, -0.1) is 0 Å². The Balaban J connectivity index is 2.19. The number of nitrogens with one attached hydrogen (secondary N) is 2. The van der Waals surface area contributed by atoms with Gasteiger partial charge in [-0.2, -0.15) is 0 Å². The average molecular weight is 421 g/mol. The third-order valence-corrected chi connectivity index (χ3v) is 6.60. The van der Waals surface area contributed by atoms with E-state index in [9.17, 15) is 13.2 Å². The minimum atomic E-state index is -3.41. The maximum atomic E-state index is 12.1. The maximum absolute atomic E-state index is 12.1. The van der Waals surface area contributed by atoms with Crippen molar-refractivity contribution in [3.63, 3.8) is 0 Å². The van der Waals surface area contributed by atoms with Crippen LogP contribution in [0.3, 0.4) is 0 Å². The number of amides is 2. The van der Waals surface area contributed by atoms with Crippen molar-refractivity contribution in [2.75, 3.05) is 44.5 Å². The van der Waals surface area contributed by atoms with Crippen molar-refractivity contribution in [2.45, 2.75) is 18.6 Å². The number of urea groups is 1. The number of sulfone groups is 1. The summed E-state index contributed by atoms with van der Waals surface area (Å²) in [5, 5.41) is 5.51. The van der Waals surface area contributed by atoms with Crippen LogP contribution in [0, 0.1) is 0 Å². The summed E-state index contributed by atoms with van der Waals surface area (Å²) in [6.45, 7) is 4.43. The van der Waals surface area contributed by atoms with Crippen LogP contribution in [0.4, 0.5) is 16.3 Å². The zero-order chi connectivity index (χ0) is 21.8. The van der Waals surface area contributed by atoms with Gasteiger partial charge in [-0.1, -0.05) is 0 Å². The summed E-state index contributed by atoms with van der Waals surface area (Å²) in [7, 11) is 0.452. The number of nitrogens with two attached hydrogens (primary N) is 1. The fourth-order valence-corrected chi connectivity index (χ4v) is 2.85. The number of likely N-dealkylation sites (N-methyl/N-ethyl adjacent to an activating group) is 1. The van der Waals surface area contributed by atoms with E-state index in [4.69, 9.17) is 5.73 Å². The minimum absolute atomic E-state index is 0.184. The lowest BCUT2D eigenvalue weighted by atomic mass is 10.1. The Labute approximate surface area is 171 Å².